The number of ether oxygens (including phenoxy) is 3. The monoisotopic (exact) mass is 462 g/mol. The largest absolute Gasteiger partial charge is 0.492 e. The van der Waals surface area contributed by atoms with Crippen LogP contribution in [0.3, 0.4) is 0 Å². The van der Waals surface area contributed by atoms with E-state index in [9.17, 15) is 9.18 Å². The molecule has 1 saturated heterocycles. The predicted molar refractivity (Wildman–Crippen MR) is 123 cm³/mol. The van der Waals surface area contributed by atoms with Gasteiger partial charge >= 0.3 is 0 Å². The van der Waals surface area contributed by atoms with Crippen molar-refractivity contribution in [3.05, 3.63) is 65.4 Å². The minimum atomic E-state index is -0.637. The first-order valence-electron chi connectivity index (χ1n) is 10.8. The SMILES string of the molecule is COc1c(F)cccc1Nn1c(-c2ccncc2C#CC2(OC)COC2)cc2c1CCNC2=O. The third-order valence-corrected chi connectivity index (χ3v) is 5.98. The minimum Gasteiger partial charge on any atom is -0.492 e. The number of anilines is 1. The van der Waals surface area contributed by atoms with E-state index in [1.165, 1.54) is 13.2 Å². The highest BCUT2D eigenvalue weighted by Gasteiger charge is 2.37. The fourth-order valence-corrected chi connectivity index (χ4v) is 4.06. The average Bonchev–Trinajstić information content (AvgIpc) is 3.19. The molecule has 9 heteroatoms. The number of nitrogens with zero attached hydrogens (tertiary/aromatic N) is 2. The van der Waals surface area contributed by atoms with Gasteiger partial charge in [-0.3, -0.25) is 19.9 Å². The Bertz CT molecular complexity index is 1310. The summed E-state index contributed by atoms with van der Waals surface area (Å²) in [6.45, 7) is 1.30. The van der Waals surface area contributed by atoms with Crippen molar-refractivity contribution in [2.45, 2.75) is 12.0 Å². The lowest BCUT2D eigenvalue weighted by molar-refractivity contribution is -0.159. The Morgan fingerprint density at radius 2 is 2.12 bits per heavy atom. The topological polar surface area (TPSA) is 86.6 Å². The van der Waals surface area contributed by atoms with Gasteiger partial charge in [0.25, 0.3) is 5.91 Å². The zero-order chi connectivity index (χ0) is 23.7. The smallest absolute Gasteiger partial charge is 0.253 e. The van der Waals surface area contributed by atoms with Crippen LogP contribution in [0.1, 0.15) is 21.6 Å². The number of nitrogens with one attached hydrogen (secondary N) is 2. The maximum absolute atomic E-state index is 14.4. The number of carbonyl (C=O) groups excluding carboxylic acids is 1. The van der Waals surface area contributed by atoms with Gasteiger partial charge in [0.1, 0.15) is 0 Å². The first-order valence-corrected chi connectivity index (χ1v) is 10.8. The summed E-state index contributed by atoms with van der Waals surface area (Å²) in [6, 6.07) is 8.28. The summed E-state index contributed by atoms with van der Waals surface area (Å²) in [4.78, 5) is 16.9. The molecular formula is C25H23FN4O4. The van der Waals surface area contributed by atoms with Gasteiger partial charge in [0, 0.05) is 38.0 Å². The number of methoxy groups -OCH3 is 2. The highest BCUT2D eigenvalue weighted by molar-refractivity contribution is 5.98. The van der Waals surface area contributed by atoms with E-state index in [1.54, 1.807) is 36.3 Å². The number of fused-ring (bicyclic) bond motifs is 1. The molecule has 8 nitrogen and oxygen atoms in total. The zero-order valence-electron chi connectivity index (χ0n) is 18.8. The van der Waals surface area contributed by atoms with Gasteiger partial charge in [-0.2, -0.15) is 0 Å². The molecule has 174 valence electrons. The molecule has 2 aliphatic rings. The van der Waals surface area contributed by atoms with E-state index in [2.05, 4.69) is 27.6 Å². The molecule has 1 aromatic carbocycles. The summed E-state index contributed by atoms with van der Waals surface area (Å²) in [5.74, 6) is 5.76. The number of para-hydroxylation sites is 1. The second-order valence-electron chi connectivity index (χ2n) is 8.03. The zero-order valence-corrected chi connectivity index (χ0v) is 18.8. The van der Waals surface area contributed by atoms with Crippen LogP contribution < -0.4 is 15.5 Å². The molecule has 4 heterocycles. The molecule has 3 aromatic rings. The summed E-state index contributed by atoms with van der Waals surface area (Å²) >= 11 is 0. The second-order valence-corrected chi connectivity index (χ2v) is 8.03. The van der Waals surface area contributed by atoms with E-state index in [4.69, 9.17) is 14.2 Å². The fourth-order valence-electron chi connectivity index (χ4n) is 4.06. The Hall–Kier alpha value is -3.87. The van der Waals surface area contributed by atoms with Gasteiger partial charge < -0.3 is 19.5 Å². The van der Waals surface area contributed by atoms with Gasteiger partial charge in [0.2, 0.25) is 0 Å². The van der Waals surface area contributed by atoms with Crippen LogP contribution in [0.5, 0.6) is 5.75 Å². The van der Waals surface area contributed by atoms with Crippen molar-refractivity contribution in [3.63, 3.8) is 0 Å². The lowest BCUT2D eigenvalue weighted by atomic mass is 10.0. The number of hydrogen-bond acceptors (Lipinski definition) is 6. The standard InChI is InChI=1S/C25H23FN4O4/c1-32-23-19(26)4-3-5-20(23)29-30-21-8-11-28-24(31)18(21)12-22(30)17-7-10-27-13-16(17)6-9-25(33-2)14-34-15-25/h3-5,7,10,12-13,29H,8,11,14-15H2,1-2H3,(H,28,31). The number of benzene rings is 1. The molecule has 1 fully saturated rings. The van der Waals surface area contributed by atoms with Gasteiger partial charge in [0.05, 0.1) is 48.5 Å². The molecule has 0 radical (unpaired) electrons. The maximum atomic E-state index is 14.4. The summed E-state index contributed by atoms with van der Waals surface area (Å²) in [5.41, 5.74) is 6.48. The number of carbonyl (C=O) groups is 1. The molecular weight excluding hydrogens is 439 g/mol. The van der Waals surface area contributed by atoms with E-state index in [-0.39, 0.29) is 11.7 Å². The summed E-state index contributed by atoms with van der Waals surface area (Å²) < 4.78 is 32.2. The normalized spacial score (nSPS) is 15.9. The number of halogens is 1. The molecule has 1 amide bonds. The van der Waals surface area contributed by atoms with Crippen molar-refractivity contribution in [2.75, 3.05) is 39.4 Å². The highest BCUT2D eigenvalue weighted by Crippen LogP contribution is 2.33. The van der Waals surface area contributed by atoms with Crippen LogP contribution in [-0.4, -0.2) is 55.1 Å². The number of amides is 1. The molecule has 0 atom stereocenters. The van der Waals surface area contributed by atoms with Crippen LogP contribution >= 0.6 is 0 Å². The van der Waals surface area contributed by atoms with E-state index < -0.39 is 11.4 Å². The number of aromatic nitrogens is 2. The first-order chi connectivity index (χ1) is 16.5. The third kappa shape index (κ3) is 3.77. The molecule has 0 saturated carbocycles. The van der Waals surface area contributed by atoms with E-state index in [1.807, 2.05) is 12.1 Å². The van der Waals surface area contributed by atoms with Crippen molar-refractivity contribution in [1.29, 1.82) is 0 Å². The molecule has 2 aromatic heterocycles. The Morgan fingerprint density at radius 3 is 2.85 bits per heavy atom. The van der Waals surface area contributed by atoms with Crippen LogP contribution in [0.4, 0.5) is 10.1 Å². The predicted octanol–water partition coefficient (Wildman–Crippen LogP) is 2.63. The average molecular weight is 462 g/mol. The van der Waals surface area contributed by atoms with Crippen molar-refractivity contribution in [1.82, 2.24) is 15.0 Å². The molecule has 2 N–H and O–H groups in total. The van der Waals surface area contributed by atoms with Crippen LogP contribution in [0.25, 0.3) is 11.3 Å². The molecule has 34 heavy (non-hydrogen) atoms. The fraction of sp³-hybridized carbons (Fsp3) is 0.280. The number of pyridine rings is 1. The Labute approximate surface area is 196 Å². The molecule has 0 bridgehead atoms. The van der Waals surface area contributed by atoms with Crippen LogP contribution in [0.15, 0.2) is 42.7 Å². The van der Waals surface area contributed by atoms with E-state index in [0.29, 0.717) is 48.7 Å². The van der Waals surface area contributed by atoms with Crippen LogP contribution in [0, 0.1) is 17.7 Å². The van der Waals surface area contributed by atoms with Crippen LogP contribution in [0.2, 0.25) is 0 Å². The first kappa shape index (κ1) is 21.9. The quantitative estimate of drug-likeness (QED) is 0.567. The lowest BCUT2D eigenvalue weighted by Crippen LogP contribution is -2.50. The minimum absolute atomic E-state index is 0.0814. The van der Waals surface area contributed by atoms with Gasteiger partial charge in [-0.1, -0.05) is 17.9 Å². The van der Waals surface area contributed by atoms with Crippen molar-refractivity contribution in [2.24, 2.45) is 0 Å². The van der Waals surface area contributed by atoms with Gasteiger partial charge in [0.15, 0.2) is 17.2 Å². The van der Waals surface area contributed by atoms with Crippen molar-refractivity contribution >= 4 is 11.6 Å². The van der Waals surface area contributed by atoms with E-state index in [0.717, 1.165) is 11.3 Å². The van der Waals surface area contributed by atoms with Gasteiger partial charge in [-0.05, 0) is 24.3 Å². The maximum Gasteiger partial charge on any atom is 0.253 e. The number of rotatable bonds is 5. The third-order valence-electron chi connectivity index (χ3n) is 5.98. The number of hydrogen-bond donors (Lipinski definition) is 2. The lowest BCUT2D eigenvalue weighted by Gasteiger charge is -2.35. The van der Waals surface area contributed by atoms with Crippen LogP contribution in [-0.2, 0) is 15.9 Å². The molecule has 2 aliphatic heterocycles. The summed E-state index contributed by atoms with van der Waals surface area (Å²) in [7, 11) is 3.02. The molecule has 0 aliphatic carbocycles. The van der Waals surface area contributed by atoms with Crippen molar-refractivity contribution < 1.29 is 23.4 Å². The molecule has 0 spiro atoms. The Morgan fingerprint density at radius 1 is 1.26 bits per heavy atom. The Kier molecular flexibility index (Phi) is 5.69. The summed E-state index contributed by atoms with van der Waals surface area (Å²) in [5, 5.41) is 2.87. The van der Waals surface area contributed by atoms with E-state index >= 15 is 0 Å². The molecule has 0 unspecified atom stereocenters. The second kappa shape index (κ2) is 8.82. The van der Waals surface area contributed by atoms with Crippen molar-refractivity contribution in [3.8, 4) is 28.8 Å². The van der Waals surface area contributed by atoms with Gasteiger partial charge in [-0.15, -0.1) is 0 Å². The Balaban J connectivity index is 1.65. The highest BCUT2D eigenvalue weighted by atomic mass is 19.1. The van der Waals surface area contributed by atoms with Gasteiger partial charge in [-0.25, -0.2) is 4.39 Å². The summed E-state index contributed by atoms with van der Waals surface area (Å²) in [6.07, 6.45) is 3.94. The molecule has 5 rings (SSSR count).